The van der Waals surface area contributed by atoms with Gasteiger partial charge in [-0.3, -0.25) is 9.48 Å². The molecule has 1 aliphatic rings. The van der Waals surface area contributed by atoms with Crippen molar-refractivity contribution >= 4 is 5.91 Å². The first-order chi connectivity index (χ1) is 8.66. The molecule has 0 radical (unpaired) electrons. The molecule has 100 valence electrons. The predicted octanol–water partition coefficient (Wildman–Crippen LogP) is 1.18. The highest BCUT2D eigenvalue weighted by Crippen LogP contribution is 2.28. The third kappa shape index (κ3) is 3.32. The molecule has 0 saturated heterocycles. The summed E-state index contributed by atoms with van der Waals surface area (Å²) in [4.78, 5) is 13.0. The van der Waals surface area contributed by atoms with E-state index in [9.17, 15) is 4.79 Å². The molecular formula is C13H22N4O. The number of hydrogen-bond acceptors (Lipinski definition) is 3. The lowest BCUT2D eigenvalue weighted by Gasteiger charge is -2.10. The average molecular weight is 250 g/mol. The first-order valence-electron chi connectivity index (χ1n) is 6.61. The quantitative estimate of drug-likeness (QED) is 0.853. The molecule has 1 fully saturated rings. The summed E-state index contributed by atoms with van der Waals surface area (Å²) in [5, 5.41) is 7.68. The van der Waals surface area contributed by atoms with Crippen LogP contribution >= 0.6 is 0 Å². The molecule has 1 aromatic rings. The van der Waals surface area contributed by atoms with E-state index in [0.717, 1.165) is 5.69 Å². The molecule has 0 unspecified atom stereocenters. The molecule has 0 aliphatic heterocycles. The van der Waals surface area contributed by atoms with Gasteiger partial charge in [0.05, 0.1) is 18.3 Å². The van der Waals surface area contributed by atoms with Gasteiger partial charge in [-0.25, -0.2) is 0 Å². The molecule has 1 N–H and O–H groups in total. The van der Waals surface area contributed by atoms with Crippen LogP contribution in [0.3, 0.4) is 0 Å². The Morgan fingerprint density at radius 1 is 1.50 bits per heavy atom. The van der Waals surface area contributed by atoms with Gasteiger partial charge in [0, 0.05) is 26.8 Å². The monoisotopic (exact) mass is 250 g/mol. The van der Waals surface area contributed by atoms with Crippen LogP contribution in [-0.2, 0) is 11.3 Å². The lowest BCUT2D eigenvalue weighted by Crippen LogP contribution is -2.32. The Hall–Kier alpha value is -1.36. The van der Waals surface area contributed by atoms with Crippen molar-refractivity contribution in [2.24, 2.45) is 0 Å². The Bertz CT molecular complexity index is 393. The minimum absolute atomic E-state index is 0.0882. The maximum Gasteiger partial charge on any atom is 0.236 e. The van der Waals surface area contributed by atoms with Crippen molar-refractivity contribution in [2.75, 3.05) is 20.6 Å². The van der Waals surface area contributed by atoms with Crippen LogP contribution in [0, 0.1) is 0 Å². The van der Waals surface area contributed by atoms with Gasteiger partial charge in [0.2, 0.25) is 5.91 Å². The number of likely N-dealkylation sites (N-methyl/N-ethyl adjacent to an activating group) is 1. The topological polar surface area (TPSA) is 50.2 Å². The highest BCUT2D eigenvalue weighted by molar-refractivity contribution is 5.77. The van der Waals surface area contributed by atoms with E-state index in [2.05, 4.69) is 21.3 Å². The van der Waals surface area contributed by atoms with Gasteiger partial charge in [-0.15, -0.1) is 0 Å². The predicted molar refractivity (Wildman–Crippen MR) is 70.1 cm³/mol. The van der Waals surface area contributed by atoms with Gasteiger partial charge in [-0.05, 0) is 18.9 Å². The van der Waals surface area contributed by atoms with E-state index in [1.807, 2.05) is 6.07 Å². The van der Waals surface area contributed by atoms with Crippen molar-refractivity contribution in [1.82, 2.24) is 20.0 Å². The van der Waals surface area contributed by atoms with Crippen LogP contribution in [0.5, 0.6) is 0 Å². The second-order valence-corrected chi connectivity index (χ2v) is 5.12. The molecule has 0 aromatic carbocycles. The molecule has 1 aliphatic carbocycles. The molecule has 1 aromatic heterocycles. The molecule has 1 saturated carbocycles. The van der Waals surface area contributed by atoms with E-state index >= 15 is 0 Å². The molecule has 18 heavy (non-hydrogen) atoms. The summed E-state index contributed by atoms with van der Waals surface area (Å²) in [7, 11) is 3.53. The van der Waals surface area contributed by atoms with Gasteiger partial charge >= 0.3 is 0 Å². The summed E-state index contributed by atoms with van der Waals surface area (Å²) in [5.74, 6) is 0.0882. The van der Waals surface area contributed by atoms with Crippen LogP contribution in [-0.4, -0.2) is 41.2 Å². The number of amides is 1. The van der Waals surface area contributed by atoms with Gasteiger partial charge in [0.1, 0.15) is 0 Å². The molecule has 5 heteroatoms. The van der Waals surface area contributed by atoms with Crippen molar-refractivity contribution in [3.8, 4) is 0 Å². The van der Waals surface area contributed by atoms with Crippen molar-refractivity contribution in [1.29, 1.82) is 0 Å². The summed E-state index contributed by atoms with van der Waals surface area (Å²) in [6.07, 6.45) is 7.17. The van der Waals surface area contributed by atoms with Gasteiger partial charge in [-0.2, -0.15) is 5.10 Å². The van der Waals surface area contributed by atoms with E-state index < -0.39 is 0 Å². The van der Waals surface area contributed by atoms with E-state index in [1.54, 1.807) is 19.0 Å². The lowest BCUT2D eigenvalue weighted by molar-refractivity contribution is -0.127. The van der Waals surface area contributed by atoms with Crippen molar-refractivity contribution in [3.63, 3.8) is 0 Å². The van der Waals surface area contributed by atoms with Crippen LogP contribution in [0.4, 0.5) is 0 Å². The first kappa shape index (κ1) is 13.1. The van der Waals surface area contributed by atoms with Crippen LogP contribution in [0.2, 0.25) is 0 Å². The highest BCUT2D eigenvalue weighted by Gasteiger charge is 2.17. The third-order valence-corrected chi connectivity index (χ3v) is 3.44. The fourth-order valence-corrected chi connectivity index (χ4v) is 2.30. The van der Waals surface area contributed by atoms with Gasteiger partial charge < -0.3 is 10.2 Å². The van der Waals surface area contributed by atoms with E-state index in [-0.39, 0.29) is 5.91 Å². The minimum atomic E-state index is 0.0882. The molecule has 0 atom stereocenters. The number of nitrogens with one attached hydrogen (secondary N) is 1. The fourth-order valence-electron chi connectivity index (χ4n) is 2.30. The molecule has 0 bridgehead atoms. The second kappa shape index (κ2) is 6.00. The SMILES string of the molecule is CN(C)C(=O)CNCc1ccn(C2CCCC2)n1. The maximum absolute atomic E-state index is 11.4. The van der Waals surface area contributed by atoms with Crippen LogP contribution in [0.15, 0.2) is 12.3 Å². The van der Waals surface area contributed by atoms with E-state index in [1.165, 1.54) is 25.7 Å². The first-order valence-corrected chi connectivity index (χ1v) is 6.61. The Labute approximate surface area is 108 Å². The van der Waals surface area contributed by atoms with Crippen molar-refractivity contribution in [3.05, 3.63) is 18.0 Å². The van der Waals surface area contributed by atoms with Gasteiger partial charge in [0.15, 0.2) is 0 Å². The standard InChI is InChI=1S/C13H22N4O/c1-16(2)13(18)10-14-9-11-7-8-17(15-11)12-5-3-4-6-12/h7-8,12,14H,3-6,9-10H2,1-2H3. The number of carbonyl (C=O) groups excluding carboxylic acids is 1. The minimum Gasteiger partial charge on any atom is -0.348 e. The number of aromatic nitrogens is 2. The summed E-state index contributed by atoms with van der Waals surface area (Å²) in [6, 6.07) is 2.62. The zero-order valence-corrected chi connectivity index (χ0v) is 11.2. The number of nitrogens with zero attached hydrogens (tertiary/aromatic N) is 3. The normalized spacial score (nSPS) is 16.1. The fraction of sp³-hybridized carbons (Fsp3) is 0.692. The number of carbonyl (C=O) groups is 1. The number of rotatable bonds is 5. The summed E-state index contributed by atoms with van der Waals surface area (Å²) in [6.45, 7) is 1.02. The third-order valence-electron chi connectivity index (χ3n) is 3.44. The average Bonchev–Trinajstić information content (AvgIpc) is 2.98. The van der Waals surface area contributed by atoms with E-state index in [4.69, 9.17) is 0 Å². The van der Waals surface area contributed by atoms with E-state index in [0.29, 0.717) is 19.1 Å². The van der Waals surface area contributed by atoms with Crippen molar-refractivity contribution < 1.29 is 4.79 Å². The Morgan fingerprint density at radius 2 is 2.22 bits per heavy atom. The van der Waals surface area contributed by atoms with Crippen LogP contribution in [0.25, 0.3) is 0 Å². The molecule has 1 heterocycles. The molecule has 0 spiro atoms. The molecule has 1 amide bonds. The van der Waals surface area contributed by atoms with Crippen LogP contribution < -0.4 is 5.32 Å². The van der Waals surface area contributed by atoms with Crippen LogP contribution in [0.1, 0.15) is 37.4 Å². The summed E-state index contributed by atoms with van der Waals surface area (Å²) >= 11 is 0. The Kier molecular flexibility index (Phi) is 4.36. The Morgan fingerprint density at radius 3 is 2.89 bits per heavy atom. The zero-order chi connectivity index (χ0) is 13.0. The molecular weight excluding hydrogens is 228 g/mol. The highest BCUT2D eigenvalue weighted by atomic mass is 16.2. The largest absolute Gasteiger partial charge is 0.348 e. The number of hydrogen-bond donors (Lipinski definition) is 1. The molecule has 2 rings (SSSR count). The molecule has 5 nitrogen and oxygen atoms in total. The summed E-state index contributed by atoms with van der Waals surface area (Å²) in [5.41, 5.74) is 1.01. The summed E-state index contributed by atoms with van der Waals surface area (Å²) < 4.78 is 2.08. The Balaban J connectivity index is 1.78. The van der Waals surface area contributed by atoms with Gasteiger partial charge in [0.25, 0.3) is 0 Å². The zero-order valence-electron chi connectivity index (χ0n) is 11.2. The van der Waals surface area contributed by atoms with Crippen molar-refractivity contribution in [2.45, 2.75) is 38.3 Å². The van der Waals surface area contributed by atoms with Gasteiger partial charge in [-0.1, -0.05) is 12.8 Å². The second-order valence-electron chi connectivity index (χ2n) is 5.12. The smallest absolute Gasteiger partial charge is 0.236 e. The lowest BCUT2D eigenvalue weighted by atomic mass is 10.3. The maximum atomic E-state index is 11.4.